The molecule has 6 heteroatoms. The molecule has 0 spiro atoms. The quantitative estimate of drug-likeness (QED) is 0.658. The molecule has 1 aromatic carbocycles. The van der Waals surface area contributed by atoms with Gasteiger partial charge in [0.2, 0.25) is 5.89 Å². The molecule has 0 unspecified atom stereocenters. The third kappa shape index (κ3) is 3.88. The second kappa shape index (κ2) is 7.92. The van der Waals surface area contributed by atoms with Crippen LogP contribution < -0.4 is 0 Å². The molecule has 0 aliphatic carbocycles. The van der Waals surface area contributed by atoms with Crippen LogP contribution >= 0.6 is 11.6 Å². The van der Waals surface area contributed by atoms with Crippen molar-refractivity contribution in [3.05, 3.63) is 82.8 Å². The summed E-state index contributed by atoms with van der Waals surface area (Å²) in [6, 6.07) is 12.9. The lowest BCUT2D eigenvalue weighted by molar-refractivity contribution is 0.0564. The van der Waals surface area contributed by atoms with Gasteiger partial charge in [0.25, 0.3) is 5.91 Å². The van der Waals surface area contributed by atoms with E-state index in [1.54, 1.807) is 24.5 Å². The van der Waals surface area contributed by atoms with Crippen LogP contribution in [0.3, 0.4) is 0 Å². The summed E-state index contributed by atoms with van der Waals surface area (Å²) in [6.45, 7) is 0.683. The minimum absolute atomic E-state index is 0.0776. The van der Waals surface area contributed by atoms with Crippen LogP contribution in [0.2, 0.25) is 5.02 Å². The number of oxazole rings is 1. The highest BCUT2D eigenvalue weighted by Gasteiger charge is 2.32. The van der Waals surface area contributed by atoms with Crippen molar-refractivity contribution in [2.45, 2.75) is 31.7 Å². The summed E-state index contributed by atoms with van der Waals surface area (Å²) in [5.74, 6) is 1.25. The molecule has 1 fully saturated rings. The van der Waals surface area contributed by atoms with Crippen LogP contribution in [0.5, 0.6) is 0 Å². The third-order valence-corrected chi connectivity index (χ3v) is 5.20. The van der Waals surface area contributed by atoms with E-state index in [0.717, 1.165) is 30.6 Å². The third-order valence-electron chi connectivity index (χ3n) is 4.83. The van der Waals surface area contributed by atoms with E-state index < -0.39 is 0 Å². The lowest BCUT2D eigenvalue weighted by atomic mass is 10.0. The lowest BCUT2D eigenvalue weighted by Crippen LogP contribution is -2.39. The van der Waals surface area contributed by atoms with Crippen molar-refractivity contribution in [1.82, 2.24) is 14.9 Å². The molecule has 0 N–H and O–H groups in total. The molecule has 1 saturated heterocycles. The highest BCUT2D eigenvalue weighted by molar-refractivity contribution is 6.31. The van der Waals surface area contributed by atoms with Gasteiger partial charge in [0.15, 0.2) is 0 Å². The van der Waals surface area contributed by atoms with E-state index in [9.17, 15) is 4.79 Å². The van der Waals surface area contributed by atoms with Crippen LogP contribution in [0, 0.1) is 0 Å². The molecular formula is C21H20ClN3O2. The van der Waals surface area contributed by atoms with Crippen LogP contribution in [-0.4, -0.2) is 27.3 Å². The molecule has 3 aromatic rings. The maximum absolute atomic E-state index is 12.9. The van der Waals surface area contributed by atoms with Crippen LogP contribution in [0.4, 0.5) is 0 Å². The highest BCUT2D eigenvalue weighted by atomic mass is 35.5. The number of nitrogens with zero attached hydrogens (tertiary/aromatic N) is 3. The molecule has 0 radical (unpaired) electrons. The van der Waals surface area contributed by atoms with Gasteiger partial charge >= 0.3 is 0 Å². The number of hydrogen-bond donors (Lipinski definition) is 0. The Kier molecular flexibility index (Phi) is 5.21. The Bertz CT molecular complexity index is 926. The Morgan fingerprint density at radius 2 is 2.00 bits per heavy atom. The van der Waals surface area contributed by atoms with Gasteiger partial charge in [0, 0.05) is 24.2 Å². The topological polar surface area (TPSA) is 59.2 Å². The molecule has 0 saturated carbocycles. The van der Waals surface area contributed by atoms with Crippen molar-refractivity contribution in [3.8, 4) is 0 Å². The number of halogens is 1. The van der Waals surface area contributed by atoms with Crippen LogP contribution in [0.15, 0.2) is 59.3 Å². The Labute approximate surface area is 163 Å². The standard InChI is InChI=1S/C21H20ClN3O2/c22-17-8-2-1-7-15(17)13-16-14-24-20(27-16)19-10-4-6-12-25(19)21(26)18-9-3-5-11-23-18/h1-3,5,7-9,11,14,19H,4,6,10,12-13H2/t19-/m0/s1. The van der Waals surface area contributed by atoms with Crippen LogP contribution in [0.25, 0.3) is 0 Å². The minimum atomic E-state index is -0.159. The number of hydrogen-bond acceptors (Lipinski definition) is 4. The second-order valence-electron chi connectivity index (χ2n) is 6.66. The average molecular weight is 382 g/mol. The van der Waals surface area contributed by atoms with Crippen molar-refractivity contribution in [2.24, 2.45) is 0 Å². The number of amides is 1. The van der Waals surface area contributed by atoms with Gasteiger partial charge in [-0.2, -0.15) is 0 Å². The van der Waals surface area contributed by atoms with E-state index in [1.165, 1.54) is 0 Å². The molecule has 3 heterocycles. The highest BCUT2D eigenvalue weighted by Crippen LogP contribution is 2.32. The lowest BCUT2D eigenvalue weighted by Gasteiger charge is -2.33. The smallest absolute Gasteiger partial charge is 0.273 e. The first-order valence-electron chi connectivity index (χ1n) is 9.12. The van der Waals surface area contributed by atoms with Crippen molar-refractivity contribution < 1.29 is 9.21 Å². The van der Waals surface area contributed by atoms with Crippen molar-refractivity contribution >= 4 is 17.5 Å². The minimum Gasteiger partial charge on any atom is -0.443 e. The summed E-state index contributed by atoms with van der Waals surface area (Å²) in [6.07, 6.45) is 6.80. The van der Waals surface area contributed by atoms with Gasteiger partial charge in [-0.1, -0.05) is 35.9 Å². The van der Waals surface area contributed by atoms with Gasteiger partial charge in [0.1, 0.15) is 17.5 Å². The molecule has 1 amide bonds. The van der Waals surface area contributed by atoms with Gasteiger partial charge in [0.05, 0.1) is 6.20 Å². The zero-order valence-electron chi connectivity index (χ0n) is 14.8. The summed E-state index contributed by atoms with van der Waals surface area (Å²) in [7, 11) is 0. The number of benzene rings is 1. The van der Waals surface area contributed by atoms with Gasteiger partial charge in [-0.15, -0.1) is 0 Å². The first-order valence-corrected chi connectivity index (χ1v) is 9.50. The molecular weight excluding hydrogens is 362 g/mol. The van der Waals surface area contributed by atoms with Crippen molar-refractivity contribution in [3.63, 3.8) is 0 Å². The molecule has 27 heavy (non-hydrogen) atoms. The van der Waals surface area contributed by atoms with Crippen molar-refractivity contribution in [1.29, 1.82) is 0 Å². The summed E-state index contributed by atoms with van der Waals surface area (Å²) in [4.78, 5) is 23.4. The average Bonchev–Trinajstić information content (AvgIpc) is 3.18. The van der Waals surface area contributed by atoms with Gasteiger partial charge in [-0.05, 0) is 43.0 Å². The molecule has 1 atom stereocenters. The fraction of sp³-hybridized carbons (Fsp3) is 0.286. The molecule has 1 aliphatic rings. The maximum atomic E-state index is 12.9. The van der Waals surface area contributed by atoms with E-state index in [0.29, 0.717) is 29.6 Å². The number of carbonyl (C=O) groups excluding carboxylic acids is 1. The molecule has 1 aliphatic heterocycles. The first kappa shape index (κ1) is 17.7. The molecule has 138 valence electrons. The normalized spacial score (nSPS) is 17.1. The number of piperidine rings is 1. The van der Waals surface area contributed by atoms with E-state index >= 15 is 0 Å². The van der Waals surface area contributed by atoms with Crippen molar-refractivity contribution in [2.75, 3.05) is 6.54 Å². The van der Waals surface area contributed by atoms with Crippen LogP contribution in [-0.2, 0) is 6.42 Å². The molecule has 4 rings (SSSR count). The Morgan fingerprint density at radius 1 is 1.15 bits per heavy atom. The number of rotatable bonds is 4. The Balaban J connectivity index is 1.55. The summed E-state index contributed by atoms with van der Waals surface area (Å²) in [5, 5.41) is 0.708. The van der Waals surface area contributed by atoms with Gasteiger partial charge < -0.3 is 9.32 Å². The van der Waals surface area contributed by atoms with E-state index in [4.69, 9.17) is 16.0 Å². The predicted octanol–water partition coefficient (Wildman–Crippen LogP) is 4.68. The fourth-order valence-electron chi connectivity index (χ4n) is 3.46. The van der Waals surface area contributed by atoms with Gasteiger partial charge in [-0.3, -0.25) is 9.78 Å². The maximum Gasteiger partial charge on any atom is 0.273 e. The fourth-order valence-corrected chi connectivity index (χ4v) is 3.66. The number of aromatic nitrogens is 2. The SMILES string of the molecule is O=C(c1ccccn1)N1CCCC[C@H]1c1ncc(Cc2ccccc2Cl)o1. The summed E-state index contributed by atoms with van der Waals surface area (Å²) < 4.78 is 6.01. The number of pyridine rings is 1. The second-order valence-corrected chi connectivity index (χ2v) is 7.07. The molecule has 0 bridgehead atoms. The Morgan fingerprint density at radius 3 is 2.81 bits per heavy atom. The van der Waals surface area contributed by atoms with Crippen LogP contribution in [0.1, 0.15) is 53.0 Å². The van der Waals surface area contributed by atoms with E-state index in [2.05, 4.69) is 9.97 Å². The zero-order valence-corrected chi connectivity index (χ0v) is 15.6. The van der Waals surface area contributed by atoms with E-state index in [1.807, 2.05) is 35.2 Å². The number of likely N-dealkylation sites (tertiary alicyclic amines) is 1. The largest absolute Gasteiger partial charge is 0.443 e. The molecule has 2 aromatic heterocycles. The van der Waals surface area contributed by atoms with Gasteiger partial charge in [-0.25, -0.2) is 4.98 Å². The molecule has 5 nitrogen and oxygen atoms in total. The predicted molar refractivity (Wildman–Crippen MR) is 103 cm³/mol. The monoisotopic (exact) mass is 381 g/mol. The Hall–Kier alpha value is -2.66. The van der Waals surface area contributed by atoms with E-state index in [-0.39, 0.29) is 11.9 Å². The summed E-state index contributed by atoms with van der Waals surface area (Å²) >= 11 is 6.24. The zero-order chi connectivity index (χ0) is 18.6. The summed E-state index contributed by atoms with van der Waals surface area (Å²) in [5.41, 5.74) is 1.44. The number of carbonyl (C=O) groups is 1. The first-order chi connectivity index (χ1) is 13.2.